The first-order chi connectivity index (χ1) is 15.4. The third kappa shape index (κ3) is 2.78. The second-order valence-corrected chi connectivity index (χ2v) is 14.1. The van der Waals surface area contributed by atoms with Gasteiger partial charge in [-0.25, -0.2) is 4.79 Å². The Kier molecular flexibility index (Phi) is 5.10. The molecule has 3 heteroatoms. The lowest BCUT2D eigenvalue weighted by atomic mass is 9.32. The Hall–Kier alpha value is -1.21. The van der Waals surface area contributed by atoms with Crippen LogP contribution in [-0.4, -0.2) is 17.4 Å². The highest BCUT2D eigenvalue weighted by molar-refractivity contribution is 5.85. The van der Waals surface area contributed by atoms with Gasteiger partial charge >= 0.3 is 0 Å². The van der Waals surface area contributed by atoms with Crippen LogP contribution in [-0.2, 0) is 9.59 Å². The van der Waals surface area contributed by atoms with Gasteiger partial charge in [0.05, 0.1) is 5.54 Å². The van der Waals surface area contributed by atoms with Crippen molar-refractivity contribution in [2.75, 3.05) is 0 Å². The summed E-state index contributed by atoms with van der Waals surface area (Å²) < 4.78 is 0. The molecule has 5 aliphatic carbocycles. The molecule has 0 amide bonds. The Balaban J connectivity index is 1.57. The summed E-state index contributed by atoms with van der Waals surface area (Å²) in [6.07, 6.45) is 13.1. The molecule has 3 nitrogen and oxygen atoms in total. The Morgan fingerprint density at radius 1 is 0.909 bits per heavy atom. The fourth-order valence-electron chi connectivity index (χ4n) is 11.2. The van der Waals surface area contributed by atoms with Crippen LogP contribution in [0, 0.1) is 51.2 Å². The second-order valence-electron chi connectivity index (χ2n) is 14.1. The number of hydrogen-bond acceptors (Lipinski definition) is 3. The van der Waals surface area contributed by atoms with Crippen LogP contribution in [0.4, 0.5) is 0 Å². The van der Waals surface area contributed by atoms with Crippen LogP contribution in [0.15, 0.2) is 17.1 Å². The minimum absolute atomic E-state index is 0.191. The summed E-state index contributed by atoms with van der Waals surface area (Å²) in [7, 11) is 0. The maximum atomic E-state index is 12.9. The number of rotatable bonds is 2. The lowest BCUT2D eigenvalue weighted by Crippen LogP contribution is -2.66. The van der Waals surface area contributed by atoms with Crippen LogP contribution in [0.1, 0.15) is 106 Å². The molecule has 0 bridgehead atoms. The SMILES string of the molecule is C=C(C)[C@@H]1CC[C@]2(N=C=O)CC[C@@]3(C)[C@H](CC[C@@H]4[C@@]5(C)CCC(=O)C(C)(C)[C@@H]5CC[C@]43C)[C@@H]12. The van der Waals surface area contributed by atoms with Crippen LogP contribution in [0.2, 0.25) is 0 Å². The molecule has 0 aromatic heterocycles. The molecule has 182 valence electrons. The first-order valence-corrected chi connectivity index (χ1v) is 13.7. The molecule has 0 spiro atoms. The van der Waals surface area contributed by atoms with Gasteiger partial charge in [-0.05, 0) is 111 Å². The van der Waals surface area contributed by atoms with Crippen LogP contribution < -0.4 is 0 Å². The zero-order valence-electron chi connectivity index (χ0n) is 21.9. The van der Waals surface area contributed by atoms with E-state index in [1.165, 1.54) is 37.7 Å². The van der Waals surface area contributed by atoms with Crippen molar-refractivity contribution in [2.45, 2.75) is 111 Å². The fourth-order valence-corrected chi connectivity index (χ4v) is 11.2. The number of carbonyl (C=O) groups excluding carboxylic acids is 2. The zero-order valence-corrected chi connectivity index (χ0v) is 21.9. The molecule has 5 aliphatic rings. The van der Waals surface area contributed by atoms with Gasteiger partial charge in [0.25, 0.3) is 0 Å². The van der Waals surface area contributed by atoms with Gasteiger partial charge in [-0.1, -0.05) is 46.8 Å². The number of hydrogen-bond donors (Lipinski definition) is 0. The number of Topliss-reactive ketones (excluding diaryl/α,β-unsaturated/α-hetero) is 1. The third-order valence-electron chi connectivity index (χ3n) is 13.0. The maximum absolute atomic E-state index is 12.9. The van der Waals surface area contributed by atoms with Crippen molar-refractivity contribution in [2.24, 2.45) is 56.2 Å². The molecule has 0 saturated heterocycles. The van der Waals surface area contributed by atoms with Gasteiger partial charge in [-0.3, -0.25) is 4.79 Å². The number of nitrogens with zero attached hydrogens (tertiary/aromatic N) is 1. The number of isocyanates is 1. The molecule has 5 rings (SSSR count). The van der Waals surface area contributed by atoms with Crippen molar-refractivity contribution in [3.63, 3.8) is 0 Å². The molecule has 33 heavy (non-hydrogen) atoms. The van der Waals surface area contributed by atoms with Crippen LogP contribution >= 0.6 is 0 Å². The van der Waals surface area contributed by atoms with Crippen LogP contribution in [0.5, 0.6) is 0 Å². The maximum Gasteiger partial charge on any atom is 0.235 e. The number of aliphatic imine (C=N–C) groups is 1. The highest BCUT2D eigenvalue weighted by Crippen LogP contribution is 2.76. The molecule has 0 aromatic rings. The molecule has 0 heterocycles. The average molecular weight is 452 g/mol. The summed E-state index contributed by atoms with van der Waals surface area (Å²) in [6.45, 7) is 18.8. The van der Waals surface area contributed by atoms with E-state index in [1.807, 2.05) is 6.08 Å². The van der Waals surface area contributed by atoms with Gasteiger partial charge in [0.1, 0.15) is 5.78 Å². The normalized spacial score (nSPS) is 52.5. The van der Waals surface area contributed by atoms with E-state index in [1.54, 1.807) is 0 Å². The summed E-state index contributed by atoms with van der Waals surface area (Å²) in [5, 5.41) is 0. The quantitative estimate of drug-likeness (QED) is 0.251. The monoisotopic (exact) mass is 451 g/mol. The standard InChI is InChI=1S/C30H45NO2/c1-19(2)20-10-15-30(31-18-32)17-16-28(6)21(25(20)30)8-9-23-27(5)13-12-24(33)26(3,4)22(27)11-14-29(23,28)7/h20-23,25H,1,8-17H2,2-7H3/t20-,21+,22-,23+,25+,27-,28-,29+,30-/m0/s1. The predicted octanol–water partition coefficient (Wildman–Crippen LogP) is 7.30. The second kappa shape index (κ2) is 7.16. The zero-order chi connectivity index (χ0) is 24.0. The molecular formula is C30H45NO2. The largest absolute Gasteiger partial charge is 0.299 e. The Morgan fingerprint density at radius 2 is 1.64 bits per heavy atom. The van der Waals surface area contributed by atoms with Gasteiger partial charge in [0, 0.05) is 11.8 Å². The Morgan fingerprint density at radius 3 is 2.30 bits per heavy atom. The molecular weight excluding hydrogens is 406 g/mol. The molecule has 0 aromatic carbocycles. The predicted molar refractivity (Wildman–Crippen MR) is 132 cm³/mol. The fraction of sp³-hybridized carbons (Fsp3) is 0.867. The molecule has 5 saturated carbocycles. The highest BCUT2D eigenvalue weighted by Gasteiger charge is 2.71. The first-order valence-electron chi connectivity index (χ1n) is 13.7. The molecule has 9 atom stereocenters. The topological polar surface area (TPSA) is 46.5 Å². The first kappa shape index (κ1) is 23.5. The molecule has 0 unspecified atom stereocenters. The average Bonchev–Trinajstić information content (AvgIpc) is 3.12. The minimum Gasteiger partial charge on any atom is -0.299 e. The molecule has 0 N–H and O–H groups in total. The Bertz CT molecular complexity index is 930. The van der Waals surface area contributed by atoms with Crippen molar-refractivity contribution in [1.82, 2.24) is 0 Å². The van der Waals surface area contributed by atoms with Crippen LogP contribution in [0.25, 0.3) is 0 Å². The number of carbonyl (C=O) groups is 1. The summed E-state index contributed by atoms with van der Waals surface area (Å²) in [4.78, 5) is 29.1. The van der Waals surface area contributed by atoms with E-state index in [9.17, 15) is 9.59 Å². The number of ketones is 1. The minimum atomic E-state index is -0.209. The summed E-state index contributed by atoms with van der Waals surface area (Å²) in [5.41, 5.74) is 1.65. The smallest absolute Gasteiger partial charge is 0.235 e. The Labute approximate surface area is 201 Å². The summed E-state index contributed by atoms with van der Waals surface area (Å²) in [5.74, 6) is 3.16. The summed E-state index contributed by atoms with van der Waals surface area (Å²) >= 11 is 0. The molecule has 5 fully saturated rings. The van der Waals surface area contributed by atoms with E-state index in [0.717, 1.165) is 32.1 Å². The molecule has 0 radical (unpaired) electrons. The van der Waals surface area contributed by atoms with E-state index in [-0.39, 0.29) is 27.2 Å². The van der Waals surface area contributed by atoms with Gasteiger partial charge in [0.2, 0.25) is 6.08 Å². The van der Waals surface area contributed by atoms with Gasteiger partial charge in [-0.15, -0.1) is 0 Å². The van der Waals surface area contributed by atoms with Gasteiger partial charge in [0.15, 0.2) is 0 Å². The van der Waals surface area contributed by atoms with Crippen LogP contribution in [0.3, 0.4) is 0 Å². The highest BCUT2D eigenvalue weighted by atomic mass is 16.1. The third-order valence-corrected chi connectivity index (χ3v) is 13.0. The van der Waals surface area contributed by atoms with Gasteiger partial charge < -0.3 is 0 Å². The van der Waals surface area contributed by atoms with E-state index < -0.39 is 0 Å². The van der Waals surface area contributed by atoms with E-state index in [0.29, 0.717) is 35.4 Å². The van der Waals surface area contributed by atoms with Crippen molar-refractivity contribution in [3.8, 4) is 0 Å². The van der Waals surface area contributed by atoms with E-state index >= 15 is 0 Å². The van der Waals surface area contributed by atoms with Crippen molar-refractivity contribution >= 4 is 11.9 Å². The summed E-state index contributed by atoms with van der Waals surface area (Å²) in [6, 6.07) is 0. The molecule has 0 aliphatic heterocycles. The van der Waals surface area contributed by atoms with Crippen molar-refractivity contribution < 1.29 is 9.59 Å². The van der Waals surface area contributed by atoms with Gasteiger partial charge in [-0.2, -0.15) is 4.99 Å². The number of fused-ring (bicyclic) bond motifs is 7. The lowest BCUT2D eigenvalue weighted by Gasteiger charge is -2.72. The van der Waals surface area contributed by atoms with E-state index in [4.69, 9.17) is 0 Å². The lowest BCUT2D eigenvalue weighted by molar-refractivity contribution is -0.227. The van der Waals surface area contributed by atoms with Crippen molar-refractivity contribution in [1.29, 1.82) is 0 Å². The van der Waals surface area contributed by atoms with E-state index in [2.05, 4.69) is 53.1 Å². The van der Waals surface area contributed by atoms with Crippen molar-refractivity contribution in [3.05, 3.63) is 12.2 Å². The number of allylic oxidation sites excluding steroid dienone is 1.